The predicted molar refractivity (Wildman–Crippen MR) is 85.3 cm³/mol. The lowest BCUT2D eigenvalue weighted by Gasteiger charge is -2.37. The van der Waals surface area contributed by atoms with Crippen molar-refractivity contribution in [3.05, 3.63) is 23.4 Å². The summed E-state index contributed by atoms with van der Waals surface area (Å²) >= 11 is 0. The van der Waals surface area contributed by atoms with Crippen LogP contribution in [0.1, 0.15) is 19.3 Å². The van der Waals surface area contributed by atoms with Crippen molar-refractivity contribution in [1.29, 1.82) is 0 Å². The first-order chi connectivity index (χ1) is 10.6. The SMILES string of the molecule is O=S1(=O)CCC2(CC1)CNC1=CC(N3CCOCC3)CC=C12. The lowest BCUT2D eigenvalue weighted by molar-refractivity contribution is 0.0257. The van der Waals surface area contributed by atoms with Crippen LogP contribution in [-0.4, -0.2) is 63.7 Å². The molecule has 0 bridgehead atoms. The van der Waals surface area contributed by atoms with Crippen molar-refractivity contribution in [2.75, 3.05) is 44.4 Å². The Kier molecular flexibility index (Phi) is 3.58. The Morgan fingerprint density at radius 2 is 1.95 bits per heavy atom. The molecule has 1 N–H and O–H groups in total. The van der Waals surface area contributed by atoms with Crippen LogP contribution in [0.4, 0.5) is 0 Å². The van der Waals surface area contributed by atoms with E-state index in [1.54, 1.807) is 0 Å². The third-order valence-corrected chi connectivity index (χ3v) is 7.35. The molecule has 3 aliphatic heterocycles. The highest BCUT2D eigenvalue weighted by molar-refractivity contribution is 7.91. The molecular formula is C16H24N2O3S. The number of nitrogens with one attached hydrogen (secondary N) is 1. The molecule has 1 aliphatic carbocycles. The van der Waals surface area contributed by atoms with Gasteiger partial charge in [0, 0.05) is 36.8 Å². The van der Waals surface area contributed by atoms with Crippen LogP contribution in [0.25, 0.3) is 0 Å². The fourth-order valence-electron chi connectivity index (χ4n) is 4.25. The highest BCUT2D eigenvalue weighted by atomic mass is 32.2. The summed E-state index contributed by atoms with van der Waals surface area (Å²) in [5.41, 5.74) is 2.70. The van der Waals surface area contributed by atoms with E-state index in [4.69, 9.17) is 4.74 Å². The first kappa shape index (κ1) is 14.7. The van der Waals surface area contributed by atoms with Gasteiger partial charge in [-0.05, 0) is 30.9 Å². The maximum absolute atomic E-state index is 11.7. The molecule has 3 fully saturated rings. The topological polar surface area (TPSA) is 58.6 Å². The molecule has 122 valence electrons. The summed E-state index contributed by atoms with van der Waals surface area (Å²) in [4.78, 5) is 2.49. The molecule has 1 atom stereocenters. The van der Waals surface area contributed by atoms with Gasteiger partial charge in [-0.25, -0.2) is 8.42 Å². The molecule has 0 aromatic heterocycles. The summed E-state index contributed by atoms with van der Waals surface area (Å²) in [6.07, 6.45) is 7.31. The third kappa shape index (κ3) is 2.51. The molecule has 5 nitrogen and oxygen atoms in total. The lowest BCUT2D eigenvalue weighted by atomic mass is 9.75. The molecule has 3 saturated heterocycles. The molecule has 6 heteroatoms. The molecule has 0 aromatic rings. The average Bonchev–Trinajstić information content (AvgIpc) is 2.90. The maximum Gasteiger partial charge on any atom is 0.150 e. The van der Waals surface area contributed by atoms with Gasteiger partial charge in [0.05, 0.1) is 24.7 Å². The number of allylic oxidation sites excluding steroid dienone is 1. The molecule has 4 rings (SSSR count). The second kappa shape index (κ2) is 5.35. The minimum atomic E-state index is -2.81. The lowest BCUT2D eigenvalue weighted by Crippen LogP contribution is -2.43. The van der Waals surface area contributed by atoms with E-state index in [1.165, 1.54) is 11.3 Å². The van der Waals surface area contributed by atoms with Crippen LogP contribution in [0.3, 0.4) is 0 Å². The monoisotopic (exact) mass is 324 g/mol. The van der Waals surface area contributed by atoms with E-state index in [1.807, 2.05) is 0 Å². The molecule has 1 unspecified atom stereocenters. The first-order valence-corrected chi connectivity index (χ1v) is 10.1. The van der Waals surface area contributed by atoms with Gasteiger partial charge in [0.15, 0.2) is 0 Å². The molecule has 0 aromatic carbocycles. The van der Waals surface area contributed by atoms with E-state index in [2.05, 4.69) is 22.4 Å². The molecular weight excluding hydrogens is 300 g/mol. The summed E-state index contributed by atoms with van der Waals surface area (Å²) in [6, 6.07) is 0.456. The Hall–Kier alpha value is -0.850. The molecule has 0 amide bonds. The minimum absolute atomic E-state index is 0.0626. The number of morpholine rings is 1. The van der Waals surface area contributed by atoms with Gasteiger partial charge in [-0.15, -0.1) is 0 Å². The van der Waals surface area contributed by atoms with Crippen LogP contribution in [0, 0.1) is 5.41 Å². The second-order valence-electron chi connectivity index (χ2n) is 6.94. The van der Waals surface area contributed by atoms with E-state index in [-0.39, 0.29) is 5.41 Å². The number of hydrogen-bond acceptors (Lipinski definition) is 5. The van der Waals surface area contributed by atoms with Crippen LogP contribution in [-0.2, 0) is 14.6 Å². The Morgan fingerprint density at radius 3 is 2.68 bits per heavy atom. The number of sulfone groups is 1. The van der Waals surface area contributed by atoms with Crippen LogP contribution in [0.15, 0.2) is 23.4 Å². The maximum atomic E-state index is 11.7. The van der Waals surface area contributed by atoms with Crippen molar-refractivity contribution in [3.8, 4) is 0 Å². The van der Waals surface area contributed by atoms with Gasteiger partial charge in [0.25, 0.3) is 0 Å². The van der Waals surface area contributed by atoms with Crippen LogP contribution >= 0.6 is 0 Å². The third-order valence-electron chi connectivity index (χ3n) is 5.70. The predicted octanol–water partition coefficient (Wildman–Crippen LogP) is 0.699. The van der Waals surface area contributed by atoms with Gasteiger partial charge in [0.2, 0.25) is 0 Å². The van der Waals surface area contributed by atoms with Crippen molar-refractivity contribution in [3.63, 3.8) is 0 Å². The number of fused-ring (bicyclic) bond motifs is 2. The first-order valence-electron chi connectivity index (χ1n) is 8.27. The number of hydrogen-bond donors (Lipinski definition) is 1. The van der Waals surface area contributed by atoms with E-state index < -0.39 is 9.84 Å². The minimum Gasteiger partial charge on any atom is -0.384 e. The van der Waals surface area contributed by atoms with Gasteiger partial charge in [0.1, 0.15) is 9.84 Å². The van der Waals surface area contributed by atoms with E-state index in [0.29, 0.717) is 17.5 Å². The fraction of sp³-hybridized carbons (Fsp3) is 0.750. The van der Waals surface area contributed by atoms with E-state index in [9.17, 15) is 8.42 Å². The summed E-state index contributed by atoms with van der Waals surface area (Å²) in [6.45, 7) is 4.55. The van der Waals surface area contributed by atoms with Gasteiger partial charge < -0.3 is 10.1 Å². The number of rotatable bonds is 1. The summed E-state index contributed by atoms with van der Waals surface area (Å²) in [5.74, 6) is 0.679. The molecule has 0 saturated carbocycles. The van der Waals surface area contributed by atoms with Gasteiger partial charge in [-0.1, -0.05) is 6.08 Å². The zero-order chi connectivity index (χ0) is 15.2. The Bertz CT molecular complexity index is 603. The molecule has 1 spiro atoms. The standard InChI is InChI=1S/C16H24N2O3S/c19-22(20)9-3-16(4-10-22)12-17-15-11-13(1-2-14(15)16)18-5-7-21-8-6-18/h2,11,13,17H,1,3-10,12H2. The van der Waals surface area contributed by atoms with Crippen LogP contribution in [0.5, 0.6) is 0 Å². The highest BCUT2D eigenvalue weighted by Gasteiger charge is 2.46. The molecule has 3 heterocycles. The van der Waals surface area contributed by atoms with Gasteiger partial charge in [-0.2, -0.15) is 0 Å². The van der Waals surface area contributed by atoms with Crippen LogP contribution in [0.2, 0.25) is 0 Å². The van der Waals surface area contributed by atoms with Crippen molar-refractivity contribution in [2.24, 2.45) is 5.41 Å². The zero-order valence-corrected chi connectivity index (χ0v) is 13.7. The fourth-order valence-corrected chi connectivity index (χ4v) is 5.86. The van der Waals surface area contributed by atoms with Gasteiger partial charge >= 0.3 is 0 Å². The van der Waals surface area contributed by atoms with Crippen molar-refractivity contribution in [2.45, 2.75) is 25.3 Å². The van der Waals surface area contributed by atoms with Crippen molar-refractivity contribution < 1.29 is 13.2 Å². The van der Waals surface area contributed by atoms with Gasteiger partial charge in [-0.3, -0.25) is 4.90 Å². The van der Waals surface area contributed by atoms with E-state index >= 15 is 0 Å². The molecule has 4 aliphatic rings. The van der Waals surface area contributed by atoms with Crippen molar-refractivity contribution >= 4 is 9.84 Å². The normalized spacial score (nSPS) is 33.7. The van der Waals surface area contributed by atoms with E-state index in [0.717, 1.165) is 52.1 Å². The largest absolute Gasteiger partial charge is 0.384 e. The smallest absolute Gasteiger partial charge is 0.150 e. The highest BCUT2D eigenvalue weighted by Crippen LogP contribution is 2.47. The van der Waals surface area contributed by atoms with Crippen molar-refractivity contribution in [1.82, 2.24) is 10.2 Å². The summed E-state index contributed by atoms with van der Waals surface area (Å²) in [7, 11) is -2.81. The Labute approximate surface area is 132 Å². The molecule has 22 heavy (non-hydrogen) atoms. The molecule has 0 radical (unpaired) electrons. The summed E-state index contributed by atoms with van der Waals surface area (Å²) < 4.78 is 28.9. The Balaban J connectivity index is 1.51. The number of nitrogens with zero attached hydrogens (tertiary/aromatic N) is 1. The average molecular weight is 324 g/mol. The zero-order valence-electron chi connectivity index (χ0n) is 12.9. The number of ether oxygens (including phenoxy) is 1. The summed E-state index contributed by atoms with van der Waals surface area (Å²) in [5, 5.41) is 3.56. The quantitative estimate of drug-likeness (QED) is 0.769. The Morgan fingerprint density at radius 1 is 1.23 bits per heavy atom. The second-order valence-corrected chi connectivity index (χ2v) is 9.24. The van der Waals surface area contributed by atoms with Crippen LogP contribution < -0.4 is 5.32 Å².